The average Bonchev–Trinajstić information content (AvgIpc) is 2.74. The van der Waals surface area contributed by atoms with E-state index in [9.17, 15) is 9.59 Å². The lowest BCUT2D eigenvalue weighted by molar-refractivity contribution is -0.145. The fraction of sp³-hybridized carbons (Fsp3) is 0.929. The van der Waals surface area contributed by atoms with Crippen molar-refractivity contribution in [1.29, 1.82) is 0 Å². The van der Waals surface area contributed by atoms with Gasteiger partial charge < -0.3 is 9.47 Å². The Labute approximate surface area is 199 Å². The second kappa shape index (κ2) is 21.8. The van der Waals surface area contributed by atoms with Crippen LogP contribution in [0.2, 0.25) is 0 Å². The van der Waals surface area contributed by atoms with Crippen LogP contribution in [0.15, 0.2) is 0 Å². The number of ether oxygens (including phenoxy) is 2. The van der Waals surface area contributed by atoms with Crippen molar-refractivity contribution in [1.82, 2.24) is 0 Å². The third kappa shape index (κ3) is 22.1. The maximum absolute atomic E-state index is 12.0. The normalized spacial score (nSPS) is 12.3. The second-order valence-electron chi connectivity index (χ2n) is 10.4. The van der Waals surface area contributed by atoms with Crippen LogP contribution in [0, 0.1) is 17.8 Å². The molecule has 4 heteroatoms. The molecular formula is C28H54O4. The number of esters is 2. The molecule has 0 heterocycles. The summed E-state index contributed by atoms with van der Waals surface area (Å²) in [6.45, 7) is 12.1. The molecule has 0 saturated carbocycles. The summed E-state index contributed by atoms with van der Waals surface area (Å²) in [5.74, 6) is 1.77. The predicted octanol–water partition coefficient (Wildman–Crippen LogP) is 8.26. The quantitative estimate of drug-likeness (QED) is 0.122. The largest absolute Gasteiger partial charge is 0.466 e. The number of unbranched alkanes of at least 4 members (excludes halogenated alkanes) is 7. The van der Waals surface area contributed by atoms with E-state index in [1.807, 2.05) is 0 Å². The van der Waals surface area contributed by atoms with Gasteiger partial charge in [-0.3, -0.25) is 9.59 Å². The van der Waals surface area contributed by atoms with Gasteiger partial charge in [0.05, 0.1) is 13.2 Å². The Morgan fingerprint density at radius 1 is 0.594 bits per heavy atom. The molecule has 0 fully saturated rings. The Balaban J connectivity index is 3.50. The predicted molar refractivity (Wildman–Crippen MR) is 135 cm³/mol. The lowest BCUT2D eigenvalue weighted by Crippen LogP contribution is -2.12. The number of hydrogen-bond acceptors (Lipinski definition) is 4. The van der Waals surface area contributed by atoms with Crippen molar-refractivity contribution in [3.05, 3.63) is 0 Å². The number of hydrogen-bond donors (Lipinski definition) is 0. The van der Waals surface area contributed by atoms with Crippen molar-refractivity contribution in [2.75, 3.05) is 13.2 Å². The molecule has 0 aromatic heterocycles. The summed E-state index contributed by atoms with van der Waals surface area (Å²) >= 11 is 0. The molecule has 0 aromatic carbocycles. The molecule has 0 N–H and O–H groups in total. The molecule has 190 valence electrons. The monoisotopic (exact) mass is 454 g/mol. The highest BCUT2D eigenvalue weighted by Crippen LogP contribution is 2.19. The highest BCUT2D eigenvalue weighted by atomic mass is 16.5. The maximum Gasteiger partial charge on any atom is 0.306 e. The molecule has 0 aliphatic rings. The summed E-state index contributed by atoms with van der Waals surface area (Å²) in [7, 11) is 0. The van der Waals surface area contributed by atoms with Crippen LogP contribution in [0.5, 0.6) is 0 Å². The number of carbonyl (C=O) groups excluding carboxylic acids is 2. The van der Waals surface area contributed by atoms with Crippen LogP contribution in [0.25, 0.3) is 0 Å². The standard InChI is InChI=1S/C28H54O4/c1-6-26(23-28(30)32-22-16-18-25(4)5)19-13-11-9-7-8-10-12-14-20-27(29)31-21-15-17-24(2)3/h24-26H,6-23H2,1-5H3. The van der Waals surface area contributed by atoms with Gasteiger partial charge in [-0.25, -0.2) is 0 Å². The zero-order valence-corrected chi connectivity index (χ0v) is 22.1. The van der Waals surface area contributed by atoms with Gasteiger partial charge in [0.15, 0.2) is 0 Å². The minimum Gasteiger partial charge on any atom is -0.466 e. The van der Waals surface area contributed by atoms with Crippen molar-refractivity contribution in [3.8, 4) is 0 Å². The summed E-state index contributed by atoms with van der Waals surface area (Å²) in [6, 6.07) is 0. The molecule has 0 aliphatic heterocycles. The highest BCUT2D eigenvalue weighted by molar-refractivity contribution is 5.69. The van der Waals surface area contributed by atoms with Gasteiger partial charge in [-0.1, -0.05) is 86.0 Å². The first kappa shape index (κ1) is 30.9. The van der Waals surface area contributed by atoms with Gasteiger partial charge in [0.1, 0.15) is 0 Å². The van der Waals surface area contributed by atoms with Crippen LogP contribution < -0.4 is 0 Å². The third-order valence-corrected chi connectivity index (χ3v) is 6.15. The van der Waals surface area contributed by atoms with Crippen LogP contribution in [0.3, 0.4) is 0 Å². The van der Waals surface area contributed by atoms with Gasteiger partial charge in [0.2, 0.25) is 0 Å². The maximum atomic E-state index is 12.0. The van der Waals surface area contributed by atoms with E-state index in [0.29, 0.717) is 43.8 Å². The number of rotatable bonds is 22. The molecule has 0 amide bonds. The minimum atomic E-state index is -0.0290. The van der Waals surface area contributed by atoms with E-state index < -0.39 is 0 Å². The van der Waals surface area contributed by atoms with E-state index >= 15 is 0 Å². The first-order chi connectivity index (χ1) is 15.3. The summed E-state index contributed by atoms with van der Waals surface area (Å²) in [5, 5.41) is 0. The molecule has 1 atom stereocenters. The first-order valence-corrected chi connectivity index (χ1v) is 13.7. The molecule has 0 bridgehead atoms. The molecule has 0 saturated heterocycles. The zero-order valence-electron chi connectivity index (χ0n) is 22.1. The zero-order chi connectivity index (χ0) is 24.0. The van der Waals surface area contributed by atoms with Crippen LogP contribution in [-0.4, -0.2) is 25.2 Å². The van der Waals surface area contributed by atoms with Crippen molar-refractivity contribution >= 4 is 11.9 Å². The molecule has 32 heavy (non-hydrogen) atoms. The smallest absolute Gasteiger partial charge is 0.306 e. The average molecular weight is 455 g/mol. The van der Waals surface area contributed by atoms with Crippen molar-refractivity contribution in [2.24, 2.45) is 17.8 Å². The topological polar surface area (TPSA) is 52.6 Å². The Morgan fingerprint density at radius 2 is 1.06 bits per heavy atom. The fourth-order valence-corrected chi connectivity index (χ4v) is 3.94. The van der Waals surface area contributed by atoms with Crippen LogP contribution >= 0.6 is 0 Å². The molecule has 0 aromatic rings. The van der Waals surface area contributed by atoms with Crippen molar-refractivity contribution < 1.29 is 19.1 Å². The highest BCUT2D eigenvalue weighted by Gasteiger charge is 2.13. The minimum absolute atomic E-state index is 0.0138. The van der Waals surface area contributed by atoms with Crippen molar-refractivity contribution in [3.63, 3.8) is 0 Å². The van der Waals surface area contributed by atoms with E-state index in [-0.39, 0.29) is 11.9 Å². The Morgan fingerprint density at radius 3 is 1.56 bits per heavy atom. The molecule has 0 aliphatic carbocycles. The van der Waals surface area contributed by atoms with Gasteiger partial charge in [-0.05, 0) is 56.3 Å². The van der Waals surface area contributed by atoms with Gasteiger partial charge in [-0.15, -0.1) is 0 Å². The third-order valence-electron chi connectivity index (χ3n) is 6.15. The lowest BCUT2D eigenvalue weighted by atomic mass is 9.95. The molecular weight excluding hydrogens is 400 g/mol. The molecule has 0 rings (SSSR count). The van der Waals surface area contributed by atoms with E-state index in [4.69, 9.17) is 9.47 Å². The molecule has 4 nitrogen and oxygen atoms in total. The van der Waals surface area contributed by atoms with Gasteiger partial charge in [-0.2, -0.15) is 0 Å². The van der Waals surface area contributed by atoms with E-state index in [2.05, 4.69) is 34.6 Å². The number of carbonyl (C=O) groups is 2. The van der Waals surface area contributed by atoms with Crippen molar-refractivity contribution in [2.45, 2.75) is 137 Å². The fourth-order valence-electron chi connectivity index (χ4n) is 3.94. The van der Waals surface area contributed by atoms with E-state index in [0.717, 1.165) is 51.4 Å². The molecule has 1 unspecified atom stereocenters. The molecule has 0 radical (unpaired) electrons. The lowest BCUT2D eigenvalue weighted by Gasteiger charge is -2.14. The summed E-state index contributed by atoms with van der Waals surface area (Å²) in [6.07, 6.45) is 17.1. The molecule has 0 spiro atoms. The second-order valence-corrected chi connectivity index (χ2v) is 10.4. The van der Waals surface area contributed by atoms with Gasteiger partial charge >= 0.3 is 11.9 Å². The van der Waals surface area contributed by atoms with Crippen LogP contribution in [0.1, 0.15) is 137 Å². The summed E-state index contributed by atoms with van der Waals surface area (Å²) in [4.78, 5) is 23.7. The SMILES string of the molecule is CCC(CCCCCCCCCCC(=O)OCCCC(C)C)CC(=O)OCCCC(C)C. The summed E-state index contributed by atoms with van der Waals surface area (Å²) < 4.78 is 10.7. The van der Waals surface area contributed by atoms with Crippen LogP contribution in [0.4, 0.5) is 0 Å². The first-order valence-electron chi connectivity index (χ1n) is 13.7. The van der Waals surface area contributed by atoms with Gasteiger partial charge in [0, 0.05) is 12.8 Å². The Bertz CT molecular complexity index is 445. The van der Waals surface area contributed by atoms with Gasteiger partial charge in [0.25, 0.3) is 0 Å². The summed E-state index contributed by atoms with van der Waals surface area (Å²) in [5.41, 5.74) is 0. The van der Waals surface area contributed by atoms with E-state index in [1.54, 1.807) is 0 Å². The van der Waals surface area contributed by atoms with Crippen LogP contribution in [-0.2, 0) is 19.1 Å². The Hall–Kier alpha value is -1.06. The van der Waals surface area contributed by atoms with E-state index in [1.165, 1.54) is 38.5 Å². The Kier molecular flexibility index (Phi) is 21.0.